The number of nitrogens with one attached hydrogen (secondary N) is 1. The summed E-state index contributed by atoms with van der Waals surface area (Å²) in [5.41, 5.74) is 2.34. The van der Waals surface area contributed by atoms with E-state index in [0.717, 1.165) is 35.2 Å². The normalized spacial score (nSPS) is 22.2. The fraction of sp³-hybridized carbons (Fsp3) is 0.391. The Balaban J connectivity index is 1.27. The van der Waals surface area contributed by atoms with Crippen molar-refractivity contribution in [3.8, 4) is 16.9 Å². The fourth-order valence-corrected chi connectivity index (χ4v) is 5.94. The van der Waals surface area contributed by atoms with Gasteiger partial charge in [0.25, 0.3) is 0 Å². The van der Waals surface area contributed by atoms with Gasteiger partial charge in [-0.3, -0.25) is 0 Å². The van der Waals surface area contributed by atoms with E-state index in [1.807, 2.05) is 25.3 Å². The number of rotatable bonds is 5. The Morgan fingerprint density at radius 2 is 1.94 bits per heavy atom. The van der Waals surface area contributed by atoms with Crippen molar-refractivity contribution in [1.29, 1.82) is 0 Å². The standard InChI is InChI=1S/C23H24FN7OS/c1-13-25-23(33-29-13)30-11-14-5-6-15(12-30)20(14)26-22-27-21-18(4-3-9-31(21)28-22)17-8-7-16(24)10-19(17)32-2/h3-4,7-10,14-15,20H,5-6,11-12H2,1-2H3,(H,26,28)/t14-,15+,20?. The number of methoxy groups -OCH3 is 1. The number of aryl methyl sites for hydroxylation is 1. The molecule has 0 spiro atoms. The topological polar surface area (TPSA) is 80.5 Å². The highest BCUT2D eigenvalue weighted by molar-refractivity contribution is 7.09. The first-order valence-electron chi connectivity index (χ1n) is 11.1. The van der Waals surface area contributed by atoms with E-state index in [2.05, 4.69) is 24.7 Å². The highest BCUT2D eigenvalue weighted by Crippen LogP contribution is 2.40. The molecule has 2 bridgehead atoms. The lowest BCUT2D eigenvalue weighted by molar-refractivity contribution is 0.376. The van der Waals surface area contributed by atoms with Crippen LogP contribution in [0.1, 0.15) is 18.7 Å². The van der Waals surface area contributed by atoms with Crippen molar-refractivity contribution >= 4 is 28.3 Å². The van der Waals surface area contributed by atoms with Gasteiger partial charge in [0.1, 0.15) is 17.4 Å². The maximum absolute atomic E-state index is 13.7. The molecule has 2 fully saturated rings. The quantitative estimate of drug-likeness (QED) is 0.477. The highest BCUT2D eigenvalue weighted by Gasteiger charge is 2.43. The lowest BCUT2D eigenvalue weighted by Crippen LogP contribution is -2.48. The van der Waals surface area contributed by atoms with Crippen LogP contribution in [0.15, 0.2) is 36.5 Å². The van der Waals surface area contributed by atoms with Gasteiger partial charge in [0.15, 0.2) is 5.65 Å². The molecule has 1 aliphatic heterocycles. The molecule has 0 amide bonds. The Morgan fingerprint density at radius 1 is 1.12 bits per heavy atom. The molecular weight excluding hydrogens is 441 g/mol. The van der Waals surface area contributed by atoms with E-state index >= 15 is 0 Å². The number of ether oxygens (including phenoxy) is 1. The summed E-state index contributed by atoms with van der Waals surface area (Å²) in [6, 6.07) is 8.74. The van der Waals surface area contributed by atoms with Crippen LogP contribution in [-0.2, 0) is 0 Å². The van der Waals surface area contributed by atoms with E-state index in [4.69, 9.17) is 9.72 Å². The molecule has 10 heteroatoms. The molecule has 6 rings (SSSR count). The Hall–Kier alpha value is -3.27. The lowest BCUT2D eigenvalue weighted by atomic mass is 9.92. The number of aromatic nitrogens is 5. The Labute approximate surface area is 194 Å². The number of benzene rings is 1. The van der Waals surface area contributed by atoms with Gasteiger partial charge in [-0.25, -0.2) is 13.9 Å². The molecule has 3 atom stereocenters. The van der Waals surface area contributed by atoms with E-state index in [-0.39, 0.29) is 5.82 Å². The molecule has 170 valence electrons. The lowest BCUT2D eigenvalue weighted by Gasteiger charge is -2.37. The number of halogens is 1. The molecule has 0 radical (unpaired) electrons. The average molecular weight is 466 g/mol. The van der Waals surface area contributed by atoms with Gasteiger partial charge in [0.05, 0.1) is 7.11 Å². The average Bonchev–Trinajstić information content (AvgIpc) is 3.49. The fourth-order valence-electron chi connectivity index (χ4n) is 5.24. The zero-order valence-electron chi connectivity index (χ0n) is 18.4. The SMILES string of the molecule is COc1cc(F)ccc1-c1cccn2nc(NC3[C@@H]4CC[C@H]3CN(c3nc(C)ns3)C4)nc12. The van der Waals surface area contributed by atoms with Gasteiger partial charge in [0, 0.05) is 54.1 Å². The van der Waals surface area contributed by atoms with Crippen LogP contribution in [0, 0.1) is 24.6 Å². The monoisotopic (exact) mass is 465 g/mol. The zero-order valence-corrected chi connectivity index (χ0v) is 19.2. The van der Waals surface area contributed by atoms with Crippen LogP contribution >= 0.6 is 11.5 Å². The van der Waals surface area contributed by atoms with Crippen molar-refractivity contribution in [3.63, 3.8) is 0 Å². The van der Waals surface area contributed by atoms with Crippen molar-refractivity contribution in [2.75, 3.05) is 30.4 Å². The summed E-state index contributed by atoms with van der Waals surface area (Å²) in [7, 11) is 1.54. The van der Waals surface area contributed by atoms with E-state index in [9.17, 15) is 4.39 Å². The first kappa shape index (κ1) is 20.3. The molecule has 3 aromatic heterocycles. The second-order valence-electron chi connectivity index (χ2n) is 8.77. The largest absolute Gasteiger partial charge is 0.496 e. The van der Waals surface area contributed by atoms with Crippen molar-refractivity contribution < 1.29 is 9.13 Å². The summed E-state index contributed by atoms with van der Waals surface area (Å²) in [6.07, 6.45) is 4.24. The maximum atomic E-state index is 13.7. The van der Waals surface area contributed by atoms with Crippen LogP contribution in [-0.4, -0.2) is 50.2 Å². The zero-order chi connectivity index (χ0) is 22.5. The van der Waals surface area contributed by atoms with Crippen molar-refractivity contribution in [1.82, 2.24) is 24.0 Å². The van der Waals surface area contributed by atoms with Crippen LogP contribution < -0.4 is 15.0 Å². The summed E-state index contributed by atoms with van der Waals surface area (Å²) in [6.45, 7) is 3.87. The molecule has 1 saturated carbocycles. The number of fused-ring (bicyclic) bond motifs is 3. The predicted molar refractivity (Wildman–Crippen MR) is 125 cm³/mol. The molecule has 4 aromatic rings. The number of pyridine rings is 1. The molecule has 4 heterocycles. The maximum Gasteiger partial charge on any atom is 0.243 e. The van der Waals surface area contributed by atoms with Crippen LogP contribution in [0.25, 0.3) is 16.8 Å². The van der Waals surface area contributed by atoms with E-state index in [1.54, 1.807) is 17.7 Å². The van der Waals surface area contributed by atoms with Crippen molar-refractivity contribution in [2.24, 2.45) is 11.8 Å². The van der Waals surface area contributed by atoms with Gasteiger partial charge in [-0.1, -0.05) is 0 Å². The molecular formula is C23H24FN7OS. The van der Waals surface area contributed by atoms with Crippen molar-refractivity contribution in [2.45, 2.75) is 25.8 Å². The number of hydrogen-bond acceptors (Lipinski definition) is 8. The summed E-state index contributed by atoms with van der Waals surface area (Å²) in [4.78, 5) is 11.8. The third-order valence-corrected chi connectivity index (χ3v) is 7.60. The van der Waals surface area contributed by atoms with E-state index in [1.165, 1.54) is 36.5 Å². The van der Waals surface area contributed by atoms with Gasteiger partial charge in [-0.2, -0.15) is 9.36 Å². The third kappa shape index (κ3) is 3.58. The Bertz CT molecular complexity index is 1310. The van der Waals surface area contributed by atoms with Gasteiger partial charge < -0.3 is 15.0 Å². The Kier molecular flexibility index (Phi) is 4.90. The minimum absolute atomic E-state index is 0.330. The number of anilines is 2. The van der Waals surface area contributed by atoms with E-state index < -0.39 is 0 Å². The second-order valence-corrected chi connectivity index (χ2v) is 9.50. The summed E-state index contributed by atoms with van der Waals surface area (Å²) in [5.74, 6) is 2.61. The molecule has 2 aliphatic rings. The number of piperidine rings is 1. The molecule has 1 unspecified atom stereocenters. The highest BCUT2D eigenvalue weighted by atomic mass is 32.1. The van der Waals surface area contributed by atoms with Gasteiger partial charge in [-0.05, 0) is 55.9 Å². The van der Waals surface area contributed by atoms with Gasteiger partial charge >= 0.3 is 0 Å². The van der Waals surface area contributed by atoms with Gasteiger partial charge in [0.2, 0.25) is 11.1 Å². The molecule has 1 N–H and O–H groups in total. The molecule has 1 saturated heterocycles. The summed E-state index contributed by atoms with van der Waals surface area (Å²) in [5, 5.41) is 9.34. The first-order valence-corrected chi connectivity index (χ1v) is 11.9. The minimum Gasteiger partial charge on any atom is -0.496 e. The van der Waals surface area contributed by atoms with Crippen LogP contribution in [0.4, 0.5) is 15.5 Å². The molecule has 1 aromatic carbocycles. The van der Waals surface area contributed by atoms with E-state index in [0.29, 0.717) is 35.2 Å². The number of hydrogen-bond donors (Lipinski definition) is 1. The Morgan fingerprint density at radius 3 is 2.67 bits per heavy atom. The molecule has 1 aliphatic carbocycles. The van der Waals surface area contributed by atoms with Gasteiger partial charge in [-0.15, -0.1) is 5.10 Å². The van der Waals surface area contributed by atoms with Crippen molar-refractivity contribution in [3.05, 3.63) is 48.2 Å². The van der Waals surface area contributed by atoms with Crippen LogP contribution in [0.2, 0.25) is 0 Å². The molecule has 8 nitrogen and oxygen atoms in total. The third-order valence-electron chi connectivity index (χ3n) is 6.73. The number of nitrogens with zero attached hydrogens (tertiary/aromatic N) is 6. The summed E-state index contributed by atoms with van der Waals surface area (Å²) < 4.78 is 25.2. The molecule has 33 heavy (non-hydrogen) atoms. The predicted octanol–water partition coefficient (Wildman–Crippen LogP) is 4.03. The summed E-state index contributed by atoms with van der Waals surface area (Å²) >= 11 is 1.48. The second kappa shape index (κ2) is 7.95. The smallest absolute Gasteiger partial charge is 0.243 e. The van der Waals surface area contributed by atoms with Crippen LogP contribution in [0.3, 0.4) is 0 Å². The minimum atomic E-state index is -0.336. The van der Waals surface area contributed by atoms with Crippen LogP contribution in [0.5, 0.6) is 5.75 Å². The first-order chi connectivity index (χ1) is 16.1.